The van der Waals surface area contributed by atoms with Gasteiger partial charge in [-0.05, 0) is 38.3 Å². The molecule has 1 aromatic carbocycles. The number of hydrogen-bond donors (Lipinski definition) is 2. The number of benzene rings is 1. The smallest absolute Gasteiger partial charge is 0.319 e. The number of amides is 2. The molecule has 1 aromatic rings. The molecule has 1 aliphatic heterocycles. The molecular formula is C17H25N3O2. The van der Waals surface area contributed by atoms with Crippen molar-refractivity contribution >= 4 is 11.7 Å². The van der Waals surface area contributed by atoms with E-state index in [-0.39, 0.29) is 18.2 Å². The van der Waals surface area contributed by atoms with Crippen LogP contribution in [0, 0.1) is 0 Å². The zero-order chi connectivity index (χ0) is 15.5. The molecule has 1 heterocycles. The Morgan fingerprint density at radius 3 is 2.59 bits per heavy atom. The van der Waals surface area contributed by atoms with Gasteiger partial charge in [0.25, 0.3) is 0 Å². The molecule has 2 amide bonds. The van der Waals surface area contributed by atoms with Crippen molar-refractivity contribution in [3.8, 4) is 0 Å². The number of nitrogens with zero attached hydrogens (tertiary/aromatic N) is 1. The van der Waals surface area contributed by atoms with Gasteiger partial charge in [0.1, 0.15) is 0 Å². The summed E-state index contributed by atoms with van der Waals surface area (Å²) in [6.07, 6.45) is 2.70. The number of para-hydroxylation sites is 1. The molecule has 1 saturated heterocycles. The van der Waals surface area contributed by atoms with Crippen molar-refractivity contribution in [2.75, 3.05) is 18.4 Å². The number of nitrogens with one attached hydrogen (secondary N) is 2. The van der Waals surface area contributed by atoms with Crippen LogP contribution in [-0.2, 0) is 11.3 Å². The fraction of sp³-hybridized carbons (Fsp3) is 0.588. The lowest BCUT2D eigenvalue weighted by molar-refractivity contribution is -0.0704. The first-order valence-electron chi connectivity index (χ1n) is 8.13. The van der Waals surface area contributed by atoms with Crippen LogP contribution in [0.25, 0.3) is 0 Å². The predicted molar refractivity (Wildman–Crippen MR) is 86.9 cm³/mol. The van der Waals surface area contributed by atoms with Crippen LogP contribution in [0.3, 0.4) is 0 Å². The minimum Gasteiger partial charge on any atom is -0.373 e. The van der Waals surface area contributed by atoms with E-state index in [2.05, 4.69) is 35.4 Å². The summed E-state index contributed by atoms with van der Waals surface area (Å²) in [6.45, 7) is 6.89. The highest BCUT2D eigenvalue weighted by Gasteiger charge is 2.24. The largest absolute Gasteiger partial charge is 0.373 e. The number of carbonyl (C=O) groups is 1. The molecule has 1 aliphatic carbocycles. The maximum Gasteiger partial charge on any atom is 0.319 e. The quantitative estimate of drug-likeness (QED) is 0.899. The first-order chi connectivity index (χ1) is 10.6. The number of ether oxygens (including phenoxy) is 1. The van der Waals surface area contributed by atoms with E-state index in [4.69, 9.17) is 4.74 Å². The van der Waals surface area contributed by atoms with Gasteiger partial charge in [-0.3, -0.25) is 4.90 Å². The fourth-order valence-electron chi connectivity index (χ4n) is 3.01. The molecule has 0 bridgehead atoms. The van der Waals surface area contributed by atoms with Gasteiger partial charge in [0.2, 0.25) is 0 Å². The molecule has 2 fully saturated rings. The molecule has 5 heteroatoms. The molecule has 22 heavy (non-hydrogen) atoms. The molecule has 0 radical (unpaired) electrons. The van der Waals surface area contributed by atoms with Gasteiger partial charge < -0.3 is 15.4 Å². The first-order valence-corrected chi connectivity index (χ1v) is 8.13. The van der Waals surface area contributed by atoms with E-state index < -0.39 is 0 Å². The van der Waals surface area contributed by atoms with E-state index in [0.717, 1.165) is 43.7 Å². The van der Waals surface area contributed by atoms with Crippen molar-refractivity contribution < 1.29 is 9.53 Å². The van der Waals surface area contributed by atoms with Crippen molar-refractivity contribution in [2.24, 2.45) is 0 Å². The molecule has 3 rings (SSSR count). The van der Waals surface area contributed by atoms with Crippen molar-refractivity contribution in [3.63, 3.8) is 0 Å². The summed E-state index contributed by atoms with van der Waals surface area (Å²) >= 11 is 0. The van der Waals surface area contributed by atoms with Crippen LogP contribution >= 0.6 is 0 Å². The number of rotatable bonds is 4. The minimum absolute atomic E-state index is 0.0985. The Morgan fingerprint density at radius 2 is 1.91 bits per heavy atom. The Balaban J connectivity index is 1.63. The van der Waals surface area contributed by atoms with Crippen LogP contribution in [0.5, 0.6) is 0 Å². The van der Waals surface area contributed by atoms with E-state index in [1.165, 1.54) is 0 Å². The third kappa shape index (κ3) is 4.21. The van der Waals surface area contributed by atoms with Crippen LogP contribution in [0.15, 0.2) is 24.3 Å². The summed E-state index contributed by atoms with van der Waals surface area (Å²) in [7, 11) is 0. The highest BCUT2D eigenvalue weighted by molar-refractivity contribution is 5.90. The third-order valence-electron chi connectivity index (χ3n) is 4.07. The maximum absolute atomic E-state index is 12.0. The van der Waals surface area contributed by atoms with Gasteiger partial charge in [-0.1, -0.05) is 18.2 Å². The second-order valence-electron chi connectivity index (χ2n) is 6.48. The molecule has 120 valence electrons. The Hall–Kier alpha value is -1.59. The average Bonchev–Trinajstić information content (AvgIpc) is 3.23. The predicted octanol–water partition coefficient (Wildman–Crippen LogP) is 2.58. The van der Waals surface area contributed by atoms with Crippen LogP contribution < -0.4 is 10.6 Å². The average molecular weight is 303 g/mol. The molecule has 2 atom stereocenters. The second kappa shape index (κ2) is 6.67. The standard InChI is InChI=1S/C17H25N3O2/c1-12-9-20(10-13(2)22-12)11-14-5-3-4-6-16(14)19-17(21)18-15-7-8-15/h3-6,12-13,15H,7-11H2,1-2H3,(H2,18,19,21). The summed E-state index contributed by atoms with van der Waals surface area (Å²) in [5.41, 5.74) is 2.04. The number of hydrogen-bond acceptors (Lipinski definition) is 3. The lowest BCUT2D eigenvalue weighted by Gasteiger charge is -2.35. The SMILES string of the molecule is CC1CN(Cc2ccccc2NC(=O)NC2CC2)CC(C)O1. The van der Waals surface area contributed by atoms with Crippen molar-refractivity contribution in [3.05, 3.63) is 29.8 Å². The molecule has 2 aliphatic rings. The van der Waals surface area contributed by atoms with Crippen molar-refractivity contribution in [1.82, 2.24) is 10.2 Å². The van der Waals surface area contributed by atoms with Gasteiger partial charge in [0.15, 0.2) is 0 Å². The van der Waals surface area contributed by atoms with E-state index in [9.17, 15) is 4.79 Å². The molecule has 2 N–H and O–H groups in total. The highest BCUT2D eigenvalue weighted by atomic mass is 16.5. The molecule has 0 aromatic heterocycles. The first kappa shape index (κ1) is 15.3. The van der Waals surface area contributed by atoms with Crippen molar-refractivity contribution in [1.29, 1.82) is 0 Å². The van der Waals surface area contributed by atoms with E-state index in [1.54, 1.807) is 0 Å². The Kier molecular flexibility index (Phi) is 4.64. The zero-order valence-electron chi connectivity index (χ0n) is 13.3. The summed E-state index contributed by atoms with van der Waals surface area (Å²) in [6, 6.07) is 8.30. The van der Waals surface area contributed by atoms with Gasteiger partial charge in [-0.2, -0.15) is 0 Å². The zero-order valence-corrected chi connectivity index (χ0v) is 13.3. The molecular weight excluding hydrogens is 278 g/mol. The van der Waals surface area contributed by atoms with Gasteiger partial charge >= 0.3 is 6.03 Å². The van der Waals surface area contributed by atoms with Gasteiger partial charge in [0, 0.05) is 31.4 Å². The fourth-order valence-corrected chi connectivity index (χ4v) is 3.01. The lowest BCUT2D eigenvalue weighted by atomic mass is 10.1. The number of morpholine rings is 1. The third-order valence-corrected chi connectivity index (χ3v) is 4.07. The summed E-state index contributed by atoms with van der Waals surface area (Å²) in [5.74, 6) is 0. The topological polar surface area (TPSA) is 53.6 Å². The van der Waals surface area contributed by atoms with Crippen LogP contribution in [0.1, 0.15) is 32.3 Å². The number of urea groups is 1. The Bertz CT molecular complexity index is 520. The van der Waals surface area contributed by atoms with Gasteiger partial charge in [0.05, 0.1) is 12.2 Å². The second-order valence-corrected chi connectivity index (χ2v) is 6.48. The lowest BCUT2D eigenvalue weighted by Crippen LogP contribution is -2.45. The van der Waals surface area contributed by atoms with E-state index in [1.807, 2.05) is 18.2 Å². The van der Waals surface area contributed by atoms with Crippen molar-refractivity contribution in [2.45, 2.75) is 51.5 Å². The Morgan fingerprint density at radius 1 is 1.23 bits per heavy atom. The summed E-state index contributed by atoms with van der Waals surface area (Å²) < 4.78 is 5.78. The highest BCUT2D eigenvalue weighted by Crippen LogP contribution is 2.22. The summed E-state index contributed by atoms with van der Waals surface area (Å²) in [5, 5.41) is 5.95. The Labute approximate surface area is 132 Å². The number of anilines is 1. The van der Waals surface area contributed by atoms with Crippen LogP contribution in [-0.4, -0.2) is 42.3 Å². The van der Waals surface area contributed by atoms with Crippen LogP contribution in [0.2, 0.25) is 0 Å². The van der Waals surface area contributed by atoms with Gasteiger partial charge in [-0.15, -0.1) is 0 Å². The van der Waals surface area contributed by atoms with E-state index in [0.29, 0.717) is 6.04 Å². The maximum atomic E-state index is 12.0. The monoisotopic (exact) mass is 303 g/mol. The number of carbonyl (C=O) groups excluding carboxylic acids is 1. The minimum atomic E-state index is -0.0985. The van der Waals surface area contributed by atoms with Gasteiger partial charge in [-0.25, -0.2) is 4.79 Å². The molecule has 0 spiro atoms. The molecule has 5 nitrogen and oxygen atoms in total. The normalized spacial score (nSPS) is 25.7. The summed E-state index contributed by atoms with van der Waals surface area (Å²) in [4.78, 5) is 14.3. The molecule has 2 unspecified atom stereocenters. The van der Waals surface area contributed by atoms with E-state index >= 15 is 0 Å². The molecule has 1 saturated carbocycles. The van der Waals surface area contributed by atoms with Crippen LogP contribution in [0.4, 0.5) is 10.5 Å².